The SMILES string of the molecule is [2H]C([2H])([2H])n1cc2nc(N)nc(-c3cn(C4CCN(CC)C4)c4cc(F)c(C#CC(C)(C)O)cc34)c2n1. The highest BCUT2D eigenvalue weighted by atomic mass is 19.1. The molecular formula is C25H28FN7O. The Bertz CT molecular complexity index is 1570. The maximum Gasteiger partial charge on any atom is 0.221 e. The van der Waals surface area contributed by atoms with Crippen molar-refractivity contribution in [1.82, 2.24) is 29.2 Å². The fraction of sp³-hybridized carbons (Fsp3) is 0.400. The lowest BCUT2D eigenvalue weighted by molar-refractivity contribution is 0.143. The molecule has 1 aromatic carbocycles. The average molecular weight is 465 g/mol. The zero-order valence-electron chi connectivity index (χ0n) is 22.3. The summed E-state index contributed by atoms with van der Waals surface area (Å²) in [7, 11) is 0. The molecule has 0 aliphatic carbocycles. The second-order valence-corrected chi connectivity index (χ2v) is 9.18. The number of anilines is 1. The summed E-state index contributed by atoms with van der Waals surface area (Å²) in [6.07, 6.45) is 4.11. The van der Waals surface area contributed by atoms with Crippen molar-refractivity contribution in [2.45, 2.75) is 38.8 Å². The van der Waals surface area contributed by atoms with Crippen LogP contribution >= 0.6 is 0 Å². The van der Waals surface area contributed by atoms with Crippen LogP contribution in [0, 0.1) is 17.7 Å². The number of rotatable bonds is 3. The third-order valence-corrected chi connectivity index (χ3v) is 6.15. The normalized spacial score (nSPS) is 18.6. The molecule has 8 nitrogen and oxygen atoms in total. The highest BCUT2D eigenvalue weighted by Crippen LogP contribution is 2.37. The zero-order valence-corrected chi connectivity index (χ0v) is 19.3. The van der Waals surface area contributed by atoms with E-state index >= 15 is 4.39 Å². The summed E-state index contributed by atoms with van der Waals surface area (Å²) in [5.41, 5.74) is 7.05. The number of aryl methyl sites for hydroxylation is 1. The standard InChI is InChI=1S/C25H28FN7O/c1-5-32-9-7-16(12-32)33-13-18(22-23-20(14-31(4)30-23)28-24(27)29-22)17-10-15(6-8-25(2,3)34)19(26)11-21(17)33/h10-11,13-14,16,34H,5,7,9,12H2,1-4H3,(H2,27,28)/i4D3. The van der Waals surface area contributed by atoms with Crippen LogP contribution < -0.4 is 5.73 Å². The van der Waals surface area contributed by atoms with Crippen LogP contribution in [0.25, 0.3) is 33.2 Å². The summed E-state index contributed by atoms with van der Waals surface area (Å²) >= 11 is 0. The van der Waals surface area contributed by atoms with Crippen LogP contribution in [0.4, 0.5) is 10.3 Å². The Morgan fingerprint density at radius 1 is 1.32 bits per heavy atom. The van der Waals surface area contributed by atoms with Crippen molar-refractivity contribution in [2.24, 2.45) is 6.98 Å². The number of aliphatic hydroxyl groups is 1. The lowest BCUT2D eigenvalue weighted by atomic mass is 10.0. The number of hydrogen-bond donors (Lipinski definition) is 2. The molecule has 1 aliphatic heterocycles. The minimum atomic E-state index is -2.50. The number of hydrogen-bond acceptors (Lipinski definition) is 6. The van der Waals surface area contributed by atoms with Crippen molar-refractivity contribution < 1.29 is 13.6 Å². The molecule has 176 valence electrons. The van der Waals surface area contributed by atoms with Gasteiger partial charge in [0.15, 0.2) is 0 Å². The Balaban J connectivity index is 1.78. The van der Waals surface area contributed by atoms with Crippen molar-refractivity contribution in [3.05, 3.63) is 35.9 Å². The molecular weight excluding hydrogens is 433 g/mol. The Morgan fingerprint density at radius 3 is 2.85 bits per heavy atom. The molecule has 1 saturated heterocycles. The van der Waals surface area contributed by atoms with Gasteiger partial charge in [0.1, 0.15) is 28.1 Å². The smallest absolute Gasteiger partial charge is 0.221 e. The molecule has 3 N–H and O–H groups in total. The van der Waals surface area contributed by atoms with Crippen LogP contribution in [0.15, 0.2) is 24.5 Å². The minimum absolute atomic E-state index is 0.0318. The Hall–Kier alpha value is -3.48. The fourth-order valence-electron chi connectivity index (χ4n) is 4.52. The average Bonchev–Trinajstić information content (AvgIpc) is 3.52. The van der Waals surface area contributed by atoms with Gasteiger partial charge in [-0.3, -0.25) is 4.68 Å². The number of nitrogens with two attached hydrogens (primary N) is 1. The van der Waals surface area contributed by atoms with Gasteiger partial charge in [0.2, 0.25) is 5.95 Å². The van der Waals surface area contributed by atoms with E-state index in [1.165, 1.54) is 26.1 Å². The second-order valence-electron chi connectivity index (χ2n) is 9.18. The minimum Gasteiger partial charge on any atom is -0.378 e. The molecule has 0 radical (unpaired) electrons. The van der Waals surface area contributed by atoms with Gasteiger partial charge in [0.05, 0.1) is 17.3 Å². The van der Waals surface area contributed by atoms with Crippen LogP contribution in [0.3, 0.4) is 0 Å². The summed E-state index contributed by atoms with van der Waals surface area (Å²) < 4.78 is 41.4. The number of halogens is 1. The highest BCUT2D eigenvalue weighted by Gasteiger charge is 2.27. The lowest BCUT2D eigenvalue weighted by Gasteiger charge is -2.16. The zero-order chi connectivity index (χ0) is 26.7. The van der Waals surface area contributed by atoms with E-state index in [1.54, 1.807) is 6.07 Å². The van der Waals surface area contributed by atoms with E-state index in [1.807, 2.05) is 10.8 Å². The van der Waals surface area contributed by atoms with E-state index in [0.717, 1.165) is 30.7 Å². The van der Waals surface area contributed by atoms with E-state index in [4.69, 9.17) is 9.85 Å². The maximum absolute atomic E-state index is 15.2. The van der Waals surface area contributed by atoms with Crippen LogP contribution in [-0.4, -0.2) is 59.6 Å². The predicted octanol–water partition coefficient (Wildman–Crippen LogP) is 3.10. The summed E-state index contributed by atoms with van der Waals surface area (Å²) in [4.78, 5) is 10.9. The molecule has 9 heteroatoms. The first-order valence-corrected chi connectivity index (χ1v) is 11.2. The molecule has 0 spiro atoms. The van der Waals surface area contributed by atoms with Gasteiger partial charge in [-0.05, 0) is 38.9 Å². The van der Waals surface area contributed by atoms with E-state index in [2.05, 4.69) is 38.7 Å². The van der Waals surface area contributed by atoms with Crippen LogP contribution in [0.2, 0.25) is 0 Å². The number of nitrogens with zero attached hydrogens (tertiary/aromatic N) is 6. The number of aromatic nitrogens is 5. The monoisotopic (exact) mass is 464 g/mol. The van der Waals surface area contributed by atoms with Crippen molar-refractivity contribution in [1.29, 1.82) is 0 Å². The summed E-state index contributed by atoms with van der Waals surface area (Å²) in [5.74, 6) is 4.88. The van der Waals surface area contributed by atoms with Gasteiger partial charge in [-0.2, -0.15) is 5.10 Å². The molecule has 4 aromatic rings. The Kier molecular flexibility index (Phi) is 4.49. The van der Waals surface area contributed by atoms with Crippen LogP contribution in [0.1, 0.15) is 42.9 Å². The van der Waals surface area contributed by atoms with Gasteiger partial charge in [-0.15, -0.1) is 0 Å². The lowest BCUT2D eigenvalue weighted by Crippen LogP contribution is -2.20. The number of benzene rings is 1. The van der Waals surface area contributed by atoms with Crippen molar-refractivity contribution >= 4 is 27.9 Å². The van der Waals surface area contributed by atoms with Gasteiger partial charge < -0.3 is 20.3 Å². The largest absolute Gasteiger partial charge is 0.378 e. The van der Waals surface area contributed by atoms with Crippen LogP contribution in [-0.2, 0) is 6.98 Å². The Morgan fingerprint density at radius 2 is 2.15 bits per heavy atom. The molecule has 0 saturated carbocycles. The number of nitrogen functional groups attached to an aromatic ring is 1. The van der Waals surface area contributed by atoms with Gasteiger partial charge >= 0.3 is 0 Å². The molecule has 1 atom stereocenters. The van der Waals surface area contributed by atoms with Crippen molar-refractivity contribution in [3.63, 3.8) is 0 Å². The fourth-order valence-corrected chi connectivity index (χ4v) is 4.52. The number of fused-ring (bicyclic) bond motifs is 2. The number of likely N-dealkylation sites (tertiary alicyclic amines) is 1. The Labute approximate surface area is 201 Å². The molecule has 1 fully saturated rings. The quantitative estimate of drug-likeness (QED) is 0.452. The summed E-state index contributed by atoms with van der Waals surface area (Å²) in [6.45, 7) is 5.33. The molecule has 3 aromatic heterocycles. The van der Waals surface area contributed by atoms with E-state index in [9.17, 15) is 5.11 Å². The van der Waals surface area contributed by atoms with E-state index in [-0.39, 0.29) is 23.1 Å². The summed E-state index contributed by atoms with van der Waals surface area (Å²) in [5, 5.41) is 15.0. The molecule has 34 heavy (non-hydrogen) atoms. The van der Waals surface area contributed by atoms with Crippen molar-refractivity contribution in [2.75, 3.05) is 25.4 Å². The number of likely N-dealkylation sites (N-methyl/N-ethyl adjacent to an activating group) is 1. The molecule has 5 rings (SSSR count). The second kappa shape index (κ2) is 8.08. The van der Waals surface area contributed by atoms with E-state index in [0.29, 0.717) is 27.7 Å². The van der Waals surface area contributed by atoms with Gasteiger partial charge in [0.25, 0.3) is 0 Å². The third kappa shape index (κ3) is 4.00. The van der Waals surface area contributed by atoms with Gasteiger partial charge in [0, 0.05) is 47.4 Å². The topological polar surface area (TPSA) is 98.0 Å². The molecule has 0 bridgehead atoms. The predicted molar refractivity (Wildman–Crippen MR) is 131 cm³/mol. The van der Waals surface area contributed by atoms with Crippen LogP contribution in [0.5, 0.6) is 0 Å². The first kappa shape index (κ1) is 18.9. The molecule has 1 unspecified atom stereocenters. The molecule has 0 amide bonds. The van der Waals surface area contributed by atoms with Crippen molar-refractivity contribution in [3.8, 4) is 23.1 Å². The summed E-state index contributed by atoms with van der Waals surface area (Å²) in [6, 6.07) is 3.19. The van der Waals surface area contributed by atoms with Gasteiger partial charge in [-0.25, -0.2) is 14.4 Å². The first-order valence-electron chi connectivity index (χ1n) is 12.7. The molecule has 4 heterocycles. The molecule has 1 aliphatic rings. The highest BCUT2D eigenvalue weighted by molar-refractivity contribution is 6.02. The first-order chi connectivity index (χ1) is 17.3. The van der Waals surface area contributed by atoms with Gasteiger partial charge in [-0.1, -0.05) is 18.8 Å². The maximum atomic E-state index is 15.2. The third-order valence-electron chi connectivity index (χ3n) is 6.15. The van der Waals surface area contributed by atoms with E-state index < -0.39 is 18.4 Å².